The largest absolute Gasteiger partial charge is 0.480 e. The maximum absolute atomic E-state index is 13.2. The number of hydrogen-bond acceptors (Lipinski definition) is 8. The number of alkyl carbamates (subject to hydrolysis) is 1. The van der Waals surface area contributed by atoms with Crippen molar-refractivity contribution >= 4 is 52.7 Å². The topological polar surface area (TPSA) is 205 Å². The summed E-state index contributed by atoms with van der Waals surface area (Å²) in [6.45, 7) is 7.05. The van der Waals surface area contributed by atoms with Crippen LogP contribution in [0.15, 0.2) is 30.3 Å². The van der Waals surface area contributed by atoms with E-state index in [0.717, 1.165) is 6.08 Å². The van der Waals surface area contributed by atoms with Crippen molar-refractivity contribution in [2.45, 2.75) is 64.8 Å². The molecule has 1 aliphatic rings. The van der Waals surface area contributed by atoms with Gasteiger partial charge < -0.3 is 40.8 Å². The number of fused-ring (bicyclic) bond motifs is 3. The molecule has 0 bridgehead atoms. The van der Waals surface area contributed by atoms with E-state index in [0.29, 0.717) is 22.2 Å². The molecule has 2 heterocycles. The van der Waals surface area contributed by atoms with Gasteiger partial charge in [-0.1, -0.05) is 32.0 Å². The molecule has 6 N–H and O–H groups in total. The monoisotopic (exact) mass is 599 g/mol. The number of aromatic amines is 1. The van der Waals surface area contributed by atoms with Crippen molar-refractivity contribution in [3.8, 4) is 0 Å². The average molecular weight is 600 g/mol. The minimum atomic E-state index is -1.43. The van der Waals surface area contributed by atoms with E-state index in [9.17, 15) is 33.9 Å². The van der Waals surface area contributed by atoms with E-state index >= 15 is 0 Å². The summed E-state index contributed by atoms with van der Waals surface area (Å²) >= 11 is 0. The number of carbonyl (C=O) groups excluding carboxylic acids is 5. The molecule has 0 saturated heterocycles. The molecule has 3 atom stereocenters. The summed E-state index contributed by atoms with van der Waals surface area (Å²) in [4.78, 5) is 79.2. The molecular formula is C29H37N5O9. The van der Waals surface area contributed by atoms with Gasteiger partial charge >= 0.3 is 18.0 Å². The third-order valence-electron chi connectivity index (χ3n) is 6.34. The Labute approximate surface area is 247 Å². The number of H-pyrrole nitrogens is 1. The number of carboxylic acid groups (broad SMARTS) is 1. The molecule has 14 heteroatoms. The maximum atomic E-state index is 13.2. The van der Waals surface area contributed by atoms with Gasteiger partial charge in [0.2, 0.25) is 17.7 Å². The Morgan fingerprint density at radius 3 is 2.40 bits per heavy atom. The SMILES string of the molecule is CC(C)[C@@H]1NC(=O)[C@@H](NC(=O)OC(C)(C)C)COC(=O)/C=C\c2[nH]c3ccccc3c2C[C@@H](C(=O)O)NC(=O)CNC1=O. The average Bonchev–Trinajstić information content (AvgIpc) is 3.26. The van der Waals surface area contributed by atoms with Gasteiger partial charge in [-0.15, -0.1) is 0 Å². The van der Waals surface area contributed by atoms with Crippen LogP contribution in [-0.4, -0.2) is 82.7 Å². The fourth-order valence-corrected chi connectivity index (χ4v) is 4.30. The van der Waals surface area contributed by atoms with Gasteiger partial charge in [0.25, 0.3) is 0 Å². The summed E-state index contributed by atoms with van der Waals surface area (Å²) in [6.07, 6.45) is 1.39. The van der Waals surface area contributed by atoms with Crippen molar-refractivity contribution in [2.24, 2.45) is 5.92 Å². The zero-order valence-corrected chi connectivity index (χ0v) is 24.6. The van der Waals surface area contributed by atoms with Crippen LogP contribution in [-0.2, 0) is 39.9 Å². The van der Waals surface area contributed by atoms with Crippen LogP contribution in [0.25, 0.3) is 17.0 Å². The van der Waals surface area contributed by atoms with Crippen molar-refractivity contribution in [1.29, 1.82) is 0 Å². The molecule has 0 unspecified atom stereocenters. The molecule has 0 aliphatic carbocycles. The predicted octanol–water partition coefficient (Wildman–Crippen LogP) is 1.00. The Kier molecular flexibility index (Phi) is 10.5. The molecule has 1 aliphatic heterocycles. The van der Waals surface area contributed by atoms with Crippen molar-refractivity contribution in [1.82, 2.24) is 26.3 Å². The van der Waals surface area contributed by atoms with Crippen LogP contribution in [0.5, 0.6) is 0 Å². The minimum Gasteiger partial charge on any atom is -0.480 e. The van der Waals surface area contributed by atoms with E-state index in [1.54, 1.807) is 58.9 Å². The number of aromatic nitrogens is 1. The maximum Gasteiger partial charge on any atom is 0.408 e. The normalized spacial score (nSPS) is 21.8. The highest BCUT2D eigenvalue weighted by Crippen LogP contribution is 2.25. The lowest BCUT2D eigenvalue weighted by atomic mass is 10.0. The number of nitrogens with one attached hydrogen (secondary N) is 5. The summed E-state index contributed by atoms with van der Waals surface area (Å²) < 4.78 is 10.5. The number of esters is 1. The zero-order valence-electron chi connectivity index (χ0n) is 24.6. The molecule has 14 nitrogen and oxygen atoms in total. The second-order valence-corrected chi connectivity index (χ2v) is 11.3. The molecule has 1 aromatic carbocycles. The van der Waals surface area contributed by atoms with Crippen LogP contribution in [0.1, 0.15) is 45.9 Å². The Morgan fingerprint density at radius 1 is 1.05 bits per heavy atom. The number of ether oxygens (including phenoxy) is 2. The highest BCUT2D eigenvalue weighted by atomic mass is 16.6. The smallest absolute Gasteiger partial charge is 0.408 e. The molecule has 43 heavy (non-hydrogen) atoms. The molecule has 4 amide bonds. The van der Waals surface area contributed by atoms with Crippen molar-refractivity contribution in [3.05, 3.63) is 41.6 Å². The van der Waals surface area contributed by atoms with Gasteiger partial charge in [0.1, 0.15) is 30.3 Å². The first-order valence-electron chi connectivity index (χ1n) is 13.7. The molecule has 1 aromatic heterocycles. The summed E-state index contributed by atoms with van der Waals surface area (Å²) in [5, 5.41) is 20.2. The number of amides is 4. The first kappa shape index (κ1) is 32.6. The number of benzene rings is 1. The van der Waals surface area contributed by atoms with Crippen molar-refractivity contribution in [3.63, 3.8) is 0 Å². The fourth-order valence-electron chi connectivity index (χ4n) is 4.30. The number of para-hydroxylation sites is 1. The van der Waals surface area contributed by atoms with Crippen LogP contribution >= 0.6 is 0 Å². The Morgan fingerprint density at radius 2 is 1.74 bits per heavy atom. The third kappa shape index (κ3) is 9.31. The molecule has 0 spiro atoms. The lowest BCUT2D eigenvalue weighted by molar-refractivity contribution is -0.142. The lowest BCUT2D eigenvalue weighted by Crippen LogP contribution is -2.58. The minimum absolute atomic E-state index is 0.139. The van der Waals surface area contributed by atoms with E-state index in [2.05, 4.69) is 26.3 Å². The summed E-state index contributed by atoms with van der Waals surface area (Å²) in [7, 11) is 0. The number of cyclic esters (lactones) is 1. The Hall–Kier alpha value is -4.88. The summed E-state index contributed by atoms with van der Waals surface area (Å²) in [6, 6.07) is 3.13. The second-order valence-electron chi connectivity index (χ2n) is 11.3. The van der Waals surface area contributed by atoms with Crippen LogP contribution in [0, 0.1) is 5.92 Å². The highest BCUT2D eigenvalue weighted by Gasteiger charge is 2.31. The molecule has 3 rings (SSSR count). The standard InChI is InChI=1S/C29H37N5O9/c1-15(2)24-26(38)30-13-22(35)32-20(27(39)40)12-17-16-8-6-7-9-18(16)31-19(17)10-11-23(36)42-14-21(25(37)34-24)33-28(41)43-29(3,4)5/h6-11,15,20-21,24,31H,12-14H2,1-5H3,(H,30,38)(H,32,35)(H,33,41)(H,34,37)(H,39,40)/b11-10-/t20-,21-,24-/m0/s1. The van der Waals surface area contributed by atoms with Gasteiger partial charge in [0.05, 0.1) is 6.54 Å². The van der Waals surface area contributed by atoms with Gasteiger partial charge in [-0.3, -0.25) is 14.4 Å². The predicted molar refractivity (Wildman–Crippen MR) is 154 cm³/mol. The van der Waals surface area contributed by atoms with E-state index in [-0.39, 0.29) is 6.42 Å². The number of hydrogen-bond donors (Lipinski definition) is 6. The first-order valence-corrected chi connectivity index (χ1v) is 13.7. The molecule has 232 valence electrons. The van der Waals surface area contributed by atoms with Crippen LogP contribution in [0.3, 0.4) is 0 Å². The van der Waals surface area contributed by atoms with E-state index in [1.807, 2.05) is 0 Å². The zero-order chi connectivity index (χ0) is 31.9. The highest BCUT2D eigenvalue weighted by molar-refractivity contribution is 5.95. The summed E-state index contributed by atoms with van der Waals surface area (Å²) in [5.74, 6) is -4.95. The van der Waals surface area contributed by atoms with Gasteiger partial charge in [0.15, 0.2) is 0 Å². The molecule has 0 fully saturated rings. The van der Waals surface area contributed by atoms with E-state index in [4.69, 9.17) is 9.47 Å². The number of aliphatic carboxylic acids is 1. The van der Waals surface area contributed by atoms with Crippen LogP contribution in [0.2, 0.25) is 0 Å². The van der Waals surface area contributed by atoms with Crippen molar-refractivity contribution < 1.29 is 43.3 Å². The molecule has 0 radical (unpaired) electrons. The van der Waals surface area contributed by atoms with Crippen molar-refractivity contribution in [2.75, 3.05) is 13.2 Å². The third-order valence-corrected chi connectivity index (χ3v) is 6.34. The Bertz CT molecular complexity index is 1420. The van der Waals surface area contributed by atoms with Gasteiger partial charge in [-0.2, -0.15) is 0 Å². The first-order chi connectivity index (χ1) is 20.1. The quantitative estimate of drug-likeness (QED) is 0.278. The fraction of sp³-hybridized carbons (Fsp3) is 0.448. The van der Waals surface area contributed by atoms with E-state index in [1.165, 1.54) is 6.08 Å². The number of rotatable bonds is 3. The second kappa shape index (κ2) is 13.9. The van der Waals surface area contributed by atoms with Gasteiger partial charge in [-0.05, 0) is 44.4 Å². The van der Waals surface area contributed by atoms with Crippen LogP contribution in [0.4, 0.5) is 4.79 Å². The molecular weight excluding hydrogens is 562 g/mol. The number of carbonyl (C=O) groups is 6. The number of carboxylic acids is 1. The molecule has 2 aromatic rings. The van der Waals surface area contributed by atoms with Crippen LogP contribution < -0.4 is 21.3 Å². The van der Waals surface area contributed by atoms with Gasteiger partial charge in [0, 0.05) is 29.1 Å². The summed E-state index contributed by atoms with van der Waals surface area (Å²) in [5.41, 5.74) is 0.695. The molecule has 0 saturated carbocycles. The lowest BCUT2D eigenvalue weighted by Gasteiger charge is -2.26. The van der Waals surface area contributed by atoms with E-state index < -0.39 is 78.5 Å². The Balaban J connectivity index is 1.98. The van der Waals surface area contributed by atoms with Gasteiger partial charge in [-0.25, -0.2) is 14.4 Å².